The maximum Gasteiger partial charge on any atom is 0.428 e. The summed E-state index contributed by atoms with van der Waals surface area (Å²) in [5.41, 5.74) is 3.55. The van der Waals surface area contributed by atoms with Crippen molar-refractivity contribution in [3.05, 3.63) is 58.5 Å². The quantitative estimate of drug-likeness (QED) is 0.581. The molecule has 3 aliphatic rings. The standard InChI is InChI=1S/C25H25N3O3S.ClH/c1-31-20-7-4-6-16-17(20)10-9-15-13-27(14-19(15)16)11-12-28-24(29)23-22(26-25(28)30)18-5-2-3-8-21(18)32-23;/h2-8,15,19H,9-14H2,1H3,(H,26,30);1H/t15-,19+;/m0./s1. The van der Waals surface area contributed by atoms with Crippen molar-refractivity contribution in [3.63, 3.8) is 0 Å². The normalized spacial score (nSPS) is 22.0. The van der Waals surface area contributed by atoms with Crippen molar-refractivity contribution in [2.45, 2.75) is 18.8 Å². The summed E-state index contributed by atoms with van der Waals surface area (Å²) >= 11 is 1.48. The number of amides is 3. The lowest BCUT2D eigenvalue weighted by atomic mass is 9.77. The zero-order valence-electron chi connectivity index (χ0n) is 18.4. The number of nitrogens with two attached hydrogens (primary N) is 1. The SMILES string of the molecule is COc1cccc2c1CC[C@H]1CN(CCN3C(=O)[NH2+]c4c(sc5ccccc45)C3=O)C[C@@H]21.[Cl-]. The highest BCUT2D eigenvalue weighted by Crippen LogP contribution is 2.44. The van der Waals surface area contributed by atoms with Crippen molar-refractivity contribution in [2.24, 2.45) is 5.92 Å². The Labute approximate surface area is 202 Å². The average molecular weight is 484 g/mol. The van der Waals surface area contributed by atoms with Crippen molar-refractivity contribution in [2.75, 3.05) is 33.3 Å². The van der Waals surface area contributed by atoms with E-state index in [1.165, 1.54) is 27.4 Å². The van der Waals surface area contributed by atoms with Crippen LogP contribution in [0.2, 0.25) is 0 Å². The molecule has 3 heterocycles. The van der Waals surface area contributed by atoms with Gasteiger partial charge in [-0.25, -0.2) is 15.0 Å². The van der Waals surface area contributed by atoms with Crippen molar-refractivity contribution in [1.29, 1.82) is 0 Å². The predicted molar refractivity (Wildman–Crippen MR) is 124 cm³/mol. The second kappa shape index (κ2) is 8.72. The molecule has 1 aliphatic carbocycles. The predicted octanol–water partition coefficient (Wildman–Crippen LogP) is 0.346. The van der Waals surface area contributed by atoms with Crippen LogP contribution in [0.4, 0.5) is 10.5 Å². The molecule has 2 aliphatic heterocycles. The summed E-state index contributed by atoms with van der Waals surface area (Å²) in [5, 5.41) is 2.63. The van der Waals surface area contributed by atoms with Gasteiger partial charge in [-0.1, -0.05) is 24.3 Å². The number of quaternary nitrogens is 1. The molecule has 0 spiro atoms. The van der Waals surface area contributed by atoms with E-state index in [2.05, 4.69) is 23.1 Å². The molecule has 0 bridgehead atoms. The Bertz CT molecular complexity index is 1240. The van der Waals surface area contributed by atoms with Crippen LogP contribution in [0.25, 0.3) is 10.1 Å². The number of imide groups is 1. The van der Waals surface area contributed by atoms with Crippen LogP contribution in [0, 0.1) is 5.92 Å². The number of likely N-dealkylation sites (tertiary alicyclic amines) is 1. The molecule has 6 nitrogen and oxygen atoms in total. The molecule has 0 radical (unpaired) electrons. The first-order valence-electron chi connectivity index (χ1n) is 11.2. The first kappa shape index (κ1) is 22.3. The number of ether oxygens (including phenoxy) is 1. The Kier molecular flexibility index (Phi) is 5.91. The highest BCUT2D eigenvalue weighted by atomic mass is 35.5. The smallest absolute Gasteiger partial charge is 0.428 e. The maximum absolute atomic E-state index is 13.1. The first-order valence-corrected chi connectivity index (χ1v) is 12.1. The van der Waals surface area contributed by atoms with Gasteiger partial charge < -0.3 is 22.0 Å². The van der Waals surface area contributed by atoms with Crippen LogP contribution in [0.5, 0.6) is 5.75 Å². The number of carbonyl (C=O) groups is 2. The fraction of sp³-hybridized carbons (Fsp3) is 0.360. The molecule has 3 amide bonds. The van der Waals surface area contributed by atoms with Gasteiger partial charge in [0, 0.05) is 36.8 Å². The van der Waals surface area contributed by atoms with Gasteiger partial charge in [-0.2, -0.15) is 0 Å². The zero-order valence-corrected chi connectivity index (χ0v) is 20.0. The van der Waals surface area contributed by atoms with E-state index in [0.29, 0.717) is 23.3 Å². The molecule has 0 saturated carbocycles. The minimum Gasteiger partial charge on any atom is -1.00 e. The summed E-state index contributed by atoms with van der Waals surface area (Å²) in [6.07, 6.45) is 2.22. The van der Waals surface area contributed by atoms with E-state index in [1.807, 2.05) is 24.3 Å². The Hall–Kier alpha value is -2.45. The fourth-order valence-corrected chi connectivity index (χ4v) is 6.88. The van der Waals surface area contributed by atoms with E-state index in [-0.39, 0.29) is 24.3 Å². The van der Waals surface area contributed by atoms with Gasteiger partial charge in [0.2, 0.25) is 0 Å². The number of hydrogen-bond donors (Lipinski definition) is 1. The molecule has 0 unspecified atom stereocenters. The third-order valence-corrected chi connectivity index (χ3v) is 8.49. The van der Waals surface area contributed by atoms with E-state index < -0.39 is 0 Å². The van der Waals surface area contributed by atoms with Crippen molar-refractivity contribution < 1.29 is 32.0 Å². The average Bonchev–Trinajstić information content (AvgIpc) is 3.40. The van der Waals surface area contributed by atoms with Gasteiger partial charge in [-0.15, -0.1) is 11.3 Å². The number of hydrogen-bond acceptors (Lipinski definition) is 5. The summed E-state index contributed by atoms with van der Waals surface area (Å²) in [6, 6.07) is 14.1. The molecule has 1 saturated heterocycles. The van der Waals surface area contributed by atoms with E-state index >= 15 is 0 Å². The number of urea groups is 1. The zero-order chi connectivity index (χ0) is 21.8. The van der Waals surface area contributed by atoms with Crippen LogP contribution in [0.1, 0.15) is 33.1 Å². The molecule has 2 atom stereocenters. The van der Waals surface area contributed by atoms with Gasteiger partial charge in [0.25, 0.3) is 5.91 Å². The number of nitrogens with zero attached hydrogens (tertiary/aromatic N) is 2. The van der Waals surface area contributed by atoms with Crippen molar-refractivity contribution in [3.8, 4) is 5.75 Å². The first-order chi connectivity index (χ1) is 15.6. The number of benzene rings is 2. The number of fused-ring (bicyclic) bond motifs is 6. The van der Waals surface area contributed by atoms with Gasteiger partial charge >= 0.3 is 6.03 Å². The number of rotatable bonds is 4. The van der Waals surface area contributed by atoms with Gasteiger partial charge in [-0.05, 0) is 48.1 Å². The molecule has 1 fully saturated rings. The van der Waals surface area contributed by atoms with Gasteiger partial charge in [0.1, 0.15) is 5.75 Å². The number of primary amides is 1. The molecule has 1 aromatic heterocycles. The van der Waals surface area contributed by atoms with Gasteiger partial charge in [0.05, 0.1) is 12.5 Å². The van der Waals surface area contributed by atoms with E-state index in [0.717, 1.165) is 54.0 Å². The Balaban J connectivity index is 0.00000228. The molecular formula is C25H26ClN3O3S. The van der Waals surface area contributed by atoms with E-state index in [4.69, 9.17) is 4.74 Å². The van der Waals surface area contributed by atoms with Crippen molar-refractivity contribution in [1.82, 2.24) is 9.80 Å². The number of halogens is 1. The molecule has 2 N–H and O–H groups in total. The topological polar surface area (TPSA) is 66.5 Å². The largest absolute Gasteiger partial charge is 1.00 e. The van der Waals surface area contributed by atoms with Crippen LogP contribution < -0.4 is 22.5 Å². The number of methoxy groups -OCH3 is 1. The van der Waals surface area contributed by atoms with Gasteiger partial charge in [-0.3, -0.25) is 4.79 Å². The summed E-state index contributed by atoms with van der Waals surface area (Å²) in [4.78, 5) is 30.5. The summed E-state index contributed by atoms with van der Waals surface area (Å²) in [7, 11) is 1.74. The van der Waals surface area contributed by atoms with Crippen LogP contribution >= 0.6 is 11.3 Å². The summed E-state index contributed by atoms with van der Waals surface area (Å²) in [6.45, 7) is 3.15. The lowest BCUT2D eigenvalue weighted by Crippen LogP contribution is -3.00. The molecule has 3 aromatic rings. The molecule has 2 aromatic carbocycles. The van der Waals surface area contributed by atoms with E-state index in [1.54, 1.807) is 12.4 Å². The summed E-state index contributed by atoms with van der Waals surface area (Å²) in [5.74, 6) is 1.98. The molecular weight excluding hydrogens is 458 g/mol. The molecule has 6 rings (SSSR count). The second-order valence-corrected chi connectivity index (χ2v) is 10.0. The molecule has 33 heavy (non-hydrogen) atoms. The third-order valence-electron chi connectivity index (χ3n) is 7.32. The van der Waals surface area contributed by atoms with Crippen molar-refractivity contribution >= 4 is 39.0 Å². The Morgan fingerprint density at radius 3 is 2.79 bits per heavy atom. The van der Waals surface area contributed by atoms with Crippen LogP contribution in [-0.4, -0.2) is 55.0 Å². The number of thiophene rings is 1. The Morgan fingerprint density at radius 2 is 1.94 bits per heavy atom. The highest BCUT2D eigenvalue weighted by Gasteiger charge is 2.41. The van der Waals surface area contributed by atoms with Gasteiger partial charge in [0.15, 0.2) is 10.6 Å². The highest BCUT2D eigenvalue weighted by molar-refractivity contribution is 7.21. The summed E-state index contributed by atoms with van der Waals surface area (Å²) < 4.78 is 6.64. The van der Waals surface area contributed by atoms with Crippen LogP contribution in [0.15, 0.2) is 42.5 Å². The fourth-order valence-electron chi connectivity index (χ4n) is 5.75. The van der Waals surface area contributed by atoms with Crippen LogP contribution in [0.3, 0.4) is 0 Å². The van der Waals surface area contributed by atoms with Crippen LogP contribution in [-0.2, 0) is 6.42 Å². The second-order valence-electron chi connectivity index (χ2n) is 8.97. The maximum atomic E-state index is 13.1. The molecule has 8 heteroatoms. The minimum atomic E-state index is -0.197. The Morgan fingerprint density at radius 1 is 1.09 bits per heavy atom. The lowest BCUT2D eigenvalue weighted by molar-refractivity contribution is -0.471. The molecule has 172 valence electrons. The lowest BCUT2D eigenvalue weighted by Gasteiger charge is -2.28. The third kappa shape index (κ3) is 3.64. The minimum absolute atomic E-state index is 0. The monoisotopic (exact) mass is 483 g/mol. The number of carbonyl (C=O) groups excluding carboxylic acids is 2. The van der Waals surface area contributed by atoms with E-state index in [9.17, 15) is 9.59 Å².